The molecule has 0 aromatic carbocycles. The molecule has 2 aliphatic heterocycles. The summed E-state index contributed by atoms with van der Waals surface area (Å²) >= 11 is 2.79. The molecule has 1 aromatic heterocycles. The second-order valence-electron chi connectivity index (χ2n) is 7.66. The van der Waals surface area contributed by atoms with Crippen LogP contribution in [0.1, 0.15) is 27.7 Å². The topological polar surface area (TPSA) is 117 Å². The number of rotatable bonds is 6. The van der Waals surface area contributed by atoms with Crippen LogP contribution in [-0.2, 0) is 30.9 Å². The Hall–Kier alpha value is -1.92. The first-order chi connectivity index (χ1) is 13.6. The van der Waals surface area contributed by atoms with Crippen molar-refractivity contribution in [2.24, 2.45) is 12.5 Å². The van der Waals surface area contributed by atoms with E-state index in [1.165, 1.54) is 47.1 Å². The van der Waals surface area contributed by atoms with E-state index in [9.17, 15) is 14.4 Å². The fourth-order valence-electron chi connectivity index (χ4n) is 2.94. The first-order valence-corrected chi connectivity index (χ1v) is 10.7. The standard InChI is InChI=1S/C17H23N5O5S2/c1-8(23)27-7-9-10(12(24)17(2,3)4)22-13(25)11(26-6)14(22)28-15(9)29-16-18-19-20-21(16)5/h11,14-15H,7H2,1-6H3/t11-,14+,15?/m0/s1. The maximum atomic E-state index is 13.3. The number of nitrogens with zero attached hydrogens (tertiary/aromatic N) is 5. The molecule has 0 N–H and O–H groups in total. The lowest BCUT2D eigenvalue weighted by Crippen LogP contribution is -2.66. The molecule has 1 saturated heterocycles. The minimum absolute atomic E-state index is 0.101. The molecule has 2 aliphatic rings. The van der Waals surface area contributed by atoms with Crippen LogP contribution in [0.4, 0.5) is 0 Å². The van der Waals surface area contributed by atoms with E-state index in [0.717, 1.165) is 0 Å². The third kappa shape index (κ3) is 4.05. The number of allylic oxidation sites excluding steroid dienone is 1. The maximum absolute atomic E-state index is 13.3. The van der Waals surface area contributed by atoms with Gasteiger partial charge in [0.2, 0.25) is 5.16 Å². The lowest BCUT2D eigenvalue weighted by molar-refractivity contribution is -0.160. The summed E-state index contributed by atoms with van der Waals surface area (Å²) in [5, 5.41) is 11.7. The first kappa shape index (κ1) is 21.8. The van der Waals surface area contributed by atoms with Gasteiger partial charge >= 0.3 is 5.97 Å². The summed E-state index contributed by atoms with van der Waals surface area (Å²) in [4.78, 5) is 39.0. The van der Waals surface area contributed by atoms with Crippen molar-refractivity contribution in [1.29, 1.82) is 0 Å². The quantitative estimate of drug-likeness (QED) is 0.467. The van der Waals surface area contributed by atoms with Gasteiger partial charge in [0.25, 0.3) is 5.91 Å². The van der Waals surface area contributed by atoms with Gasteiger partial charge in [-0.05, 0) is 10.4 Å². The monoisotopic (exact) mass is 441 g/mol. The molecular formula is C17H23N5O5S2. The Morgan fingerprint density at radius 3 is 2.52 bits per heavy atom. The number of β-lactam (4-membered cyclic amide) rings is 1. The molecule has 3 heterocycles. The van der Waals surface area contributed by atoms with Crippen molar-refractivity contribution in [2.75, 3.05) is 13.7 Å². The van der Waals surface area contributed by atoms with Crippen LogP contribution in [0.3, 0.4) is 0 Å². The number of ketones is 1. The average Bonchev–Trinajstić information content (AvgIpc) is 3.03. The highest BCUT2D eigenvalue weighted by molar-refractivity contribution is 8.17. The number of carbonyl (C=O) groups excluding carboxylic acids is 3. The van der Waals surface area contributed by atoms with E-state index in [-0.39, 0.29) is 34.0 Å². The van der Waals surface area contributed by atoms with Gasteiger partial charge in [-0.2, -0.15) is 0 Å². The lowest BCUT2D eigenvalue weighted by Gasteiger charge is -2.51. The Morgan fingerprint density at radius 1 is 1.31 bits per heavy atom. The summed E-state index contributed by atoms with van der Waals surface area (Å²) < 4.78 is 11.8. The second kappa shape index (κ2) is 8.07. The van der Waals surface area contributed by atoms with Gasteiger partial charge in [0.05, 0.1) is 10.3 Å². The van der Waals surface area contributed by atoms with E-state index in [1.54, 1.807) is 27.8 Å². The normalized spacial score (nSPS) is 24.3. The Balaban J connectivity index is 2.09. The Bertz CT molecular complexity index is 878. The first-order valence-electron chi connectivity index (χ1n) is 8.87. The summed E-state index contributed by atoms with van der Waals surface area (Å²) in [6.07, 6.45) is -0.640. The number of ether oxygens (including phenoxy) is 2. The van der Waals surface area contributed by atoms with E-state index in [2.05, 4.69) is 15.5 Å². The number of aryl methyl sites for hydroxylation is 1. The van der Waals surface area contributed by atoms with Gasteiger partial charge in [-0.3, -0.25) is 19.3 Å². The summed E-state index contributed by atoms with van der Waals surface area (Å²) in [6.45, 7) is 6.56. The minimum atomic E-state index is -0.733. The van der Waals surface area contributed by atoms with Crippen LogP contribution in [0.15, 0.2) is 16.4 Å². The van der Waals surface area contributed by atoms with Crippen molar-refractivity contribution in [1.82, 2.24) is 25.1 Å². The fourth-order valence-corrected chi connectivity index (χ4v) is 5.85. The van der Waals surface area contributed by atoms with Gasteiger partial charge in [-0.25, -0.2) is 4.68 Å². The molecule has 1 amide bonds. The van der Waals surface area contributed by atoms with Gasteiger partial charge < -0.3 is 9.47 Å². The predicted octanol–water partition coefficient (Wildman–Crippen LogP) is 0.991. The van der Waals surface area contributed by atoms with E-state index in [4.69, 9.17) is 9.47 Å². The SMILES string of the molecule is CO[C@H]1C(=O)N2C(C(=O)C(C)(C)C)=C(COC(C)=O)C(Sc3nnnn3C)S[C@H]12. The molecule has 10 nitrogen and oxygen atoms in total. The highest BCUT2D eigenvalue weighted by atomic mass is 32.2. The van der Waals surface area contributed by atoms with E-state index >= 15 is 0 Å². The largest absolute Gasteiger partial charge is 0.461 e. The van der Waals surface area contributed by atoms with Crippen molar-refractivity contribution >= 4 is 41.2 Å². The average molecular weight is 442 g/mol. The van der Waals surface area contributed by atoms with E-state index in [1.807, 2.05) is 0 Å². The van der Waals surface area contributed by atoms with Crippen LogP contribution in [0, 0.1) is 5.41 Å². The van der Waals surface area contributed by atoms with Crippen LogP contribution < -0.4 is 0 Å². The second-order valence-corrected chi connectivity index (χ2v) is 10.3. The molecule has 29 heavy (non-hydrogen) atoms. The highest BCUT2D eigenvalue weighted by Crippen LogP contribution is 2.51. The molecule has 0 bridgehead atoms. The Morgan fingerprint density at radius 2 is 2.00 bits per heavy atom. The molecular weight excluding hydrogens is 418 g/mol. The number of esters is 1. The number of fused-ring (bicyclic) bond motifs is 1. The number of carbonyl (C=O) groups is 3. The number of hydrogen-bond acceptors (Lipinski definition) is 10. The fraction of sp³-hybridized carbons (Fsp3) is 0.647. The molecule has 1 aromatic rings. The zero-order valence-electron chi connectivity index (χ0n) is 17.0. The van der Waals surface area contributed by atoms with Crippen LogP contribution in [-0.4, -0.2) is 72.5 Å². The summed E-state index contributed by atoms with van der Waals surface area (Å²) in [7, 11) is 3.18. The van der Waals surface area contributed by atoms with Crippen LogP contribution in [0.25, 0.3) is 0 Å². The van der Waals surface area contributed by atoms with Crippen molar-refractivity contribution in [3.05, 3.63) is 11.3 Å². The van der Waals surface area contributed by atoms with Gasteiger partial charge in [0.15, 0.2) is 11.9 Å². The number of methoxy groups -OCH3 is 1. The lowest BCUT2D eigenvalue weighted by atomic mass is 9.85. The number of thioether (sulfide) groups is 2. The third-order valence-corrected chi connectivity index (χ3v) is 7.41. The Labute approximate surface area is 176 Å². The van der Waals surface area contributed by atoms with E-state index in [0.29, 0.717) is 10.7 Å². The molecule has 0 saturated carbocycles. The van der Waals surface area contributed by atoms with Crippen molar-refractivity contribution in [3.8, 4) is 0 Å². The van der Waals surface area contributed by atoms with Crippen LogP contribution >= 0.6 is 23.5 Å². The van der Waals surface area contributed by atoms with Gasteiger partial charge in [-0.1, -0.05) is 32.5 Å². The summed E-state index contributed by atoms with van der Waals surface area (Å²) in [5.41, 5.74) is 0.0919. The molecule has 0 spiro atoms. The van der Waals surface area contributed by atoms with Crippen LogP contribution in [0.5, 0.6) is 0 Å². The molecule has 12 heteroatoms. The molecule has 0 aliphatic carbocycles. The van der Waals surface area contributed by atoms with Crippen LogP contribution in [0.2, 0.25) is 0 Å². The van der Waals surface area contributed by atoms with Crippen molar-refractivity contribution in [2.45, 2.75) is 48.9 Å². The van der Waals surface area contributed by atoms with Gasteiger partial charge in [-0.15, -0.1) is 16.9 Å². The highest BCUT2D eigenvalue weighted by Gasteiger charge is 2.57. The Kier molecular flexibility index (Phi) is 6.06. The maximum Gasteiger partial charge on any atom is 0.302 e. The molecule has 1 unspecified atom stereocenters. The van der Waals surface area contributed by atoms with Gasteiger partial charge in [0.1, 0.15) is 12.0 Å². The van der Waals surface area contributed by atoms with E-state index < -0.39 is 17.5 Å². The summed E-state index contributed by atoms with van der Waals surface area (Å²) in [5.74, 6) is -0.947. The third-order valence-electron chi connectivity index (χ3n) is 4.46. The van der Waals surface area contributed by atoms with Gasteiger partial charge in [0, 0.05) is 32.1 Å². The number of amides is 1. The zero-order valence-corrected chi connectivity index (χ0v) is 18.7. The molecule has 158 valence electrons. The number of aromatic nitrogens is 4. The molecule has 3 atom stereocenters. The number of tetrazole rings is 1. The summed E-state index contributed by atoms with van der Waals surface area (Å²) in [6, 6.07) is 0. The predicted molar refractivity (Wildman–Crippen MR) is 106 cm³/mol. The molecule has 3 rings (SSSR count). The smallest absolute Gasteiger partial charge is 0.302 e. The number of hydrogen-bond donors (Lipinski definition) is 0. The molecule has 0 radical (unpaired) electrons. The van der Waals surface area contributed by atoms with Crippen molar-refractivity contribution in [3.63, 3.8) is 0 Å². The minimum Gasteiger partial charge on any atom is -0.461 e. The molecule has 1 fully saturated rings. The van der Waals surface area contributed by atoms with Crippen molar-refractivity contribution < 1.29 is 23.9 Å². The number of Topliss-reactive ketones (excluding diaryl/α,β-unsaturated/α-hetero) is 1. The zero-order chi connectivity index (χ0) is 21.5.